The molecule has 0 spiro atoms. The van der Waals surface area contributed by atoms with Crippen LogP contribution in [0.15, 0.2) is 24.3 Å². The molecule has 16 heavy (non-hydrogen) atoms. The second kappa shape index (κ2) is 6.00. The third kappa shape index (κ3) is 4.68. The van der Waals surface area contributed by atoms with Crippen LogP contribution in [0.3, 0.4) is 0 Å². The molecule has 0 heterocycles. The molecule has 3 nitrogen and oxygen atoms in total. The van der Waals surface area contributed by atoms with E-state index < -0.39 is 0 Å². The van der Waals surface area contributed by atoms with Gasteiger partial charge >= 0.3 is 0 Å². The standard InChI is InChI=1S/C12H14FNO2/c1-9(15)5-6-12(16)14-8-10-3-2-4-11(13)7-10/h2-4,7H,5-6,8H2,1H3,(H,14,16). The minimum absolute atomic E-state index is 0.0131. The lowest BCUT2D eigenvalue weighted by Gasteiger charge is -2.04. The van der Waals surface area contributed by atoms with Crippen molar-refractivity contribution in [3.8, 4) is 0 Å². The van der Waals surface area contributed by atoms with Gasteiger partial charge in [0, 0.05) is 19.4 Å². The molecule has 0 bridgehead atoms. The first-order valence-corrected chi connectivity index (χ1v) is 5.08. The number of carbonyl (C=O) groups excluding carboxylic acids is 2. The van der Waals surface area contributed by atoms with Crippen molar-refractivity contribution in [2.45, 2.75) is 26.3 Å². The molecule has 0 aromatic heterocycles. The summed E-state index contributed by atoms with van der Waals surface area (Å²) in [5.74, 6) is -0.532. The van der Waals surface area contributed by atoms with Crippen LogP contribution in [0.4, 0.5) is 4.39 Å². The van der Waals surface area contributed by atoms with E-state index in [9.17, 15) is 14.0 Å². The summed E-state index contributed by atoms with van der Waals surface area (Å²) < 4.78 is 12.8. The fraction of sp³-hybridized carbons (Fsp3) is 0.333. The van der Waals surface area contributed by atoms with Crippen molar-refractivity contribution in [3.05, 3.63) is 35.6 Å². The van der Waals surface area contributed by atoms with Gasteiger partial charge in [0.25, 0.3) is 0 Å². The molecule has 0 radical (unpaired) electrons. The molecule has 1 aromatic rings. The van der Waals surface area contributed by atoms with E-state index in [2.05, 4.69) is 5.32 Å². The third-order valence-corrected chi connectivity index (χ3v) is 2.08. The highest BCUT2D eigenvalue weighted by Crippen LogP contribution is 2.03. The summed E-state index contributed by atoms with van der Waals surface area (Å²) >= 11 is 0. The number of halogens is 1. The number of amides is 1. The number of hydrogen-bond donors (Lipinski definition) is 1. The molecule has 0 saturated carbocycles. The number of benzene rings is 1. The van der Waals surface area contributed by atoms with Gasteiger partial charge in [-0.2, -0.15) is 0 Å². The van der Waals surface area contributed by atoms with Gasteiger partial charge in [0.05, 0.1) is 0 Å². The summed E-state index contributed by atoms with van der Waals surface area (Å²) in [6, 6.07) is 6.03. The maximum absolute atomic E-state index is 12.8. The second-order valence-electron chi connectivity index (χ2n) is 3.61. The molecule has 4 heteroatoms. The number of rotatable bonds is 5. The van der Waals surface area contributed by atoms with Crippen LogP contribution in [0.5, 0.6) is 0 Å². The van der Waals surface area contributed by atoms with E-state index in [4.69, 9.17) is 0 Å². The molecule has 0 atom stereocenters. The van der Waals surface area contributed by atoms with E-state index in [1.807, 2.05) is 0 Å². The average Bonchev–Trinajstić information content (AvgIpc) is 2.23. The largest absolute Gasteiger partial charge is 0.352 e. The Bertz CT molecular complexity index is 390. The predicted octanol–water partition coefficient (Wildman–Crippen LogP) is 1.81. The molecule has 0 aliphatic carbocycles. The van der Waals surface area contributed by atoms with Crippen LogP contribution in [-0.4, -0.2) is 11.7 Å². The Balaban J connectivity index is 2.34. The number of Topliss-reactive ketones (excluding diaryl/α,β-unsaturated/α-hetero) is 1. The Hall–Kier alpha value is -1.71. The normalized spacial score (nSPS) is 9.88. The second-order valence-corrected chi connectivity index (χ2v) is 3.61. The van der Waals surface area contributed by atoms with Crippen molar-refractivity contribution < 1.29 is 14.0 Å². The first kappa shape index (κ1) is 12.4. The molecular weight excluding hydrogens is 209 g/mol. The minimum Gasteiger partial charge on any atom is -0.352 e. The van der Waals surface area contributed by atoms with Crippen molar-refractivity contribution in [1.82, 2.24) is 5.32 Å². The smallest absolute Gasteiger partial charge is 0.220 e. The van der Waals surface area contributed by atoms with Gasteiger partial charge in [0.2, 0.25) is 5.91 Å². The molecule has 0 aliphatic heterocycles. The van der Waals surface area contributed by atoms with Crippen molar-refractivity contribution in [2.75, 3.05) is 0 Å². The summed E-state index contributed by atoms with van der Waals surface area (Å²) in [6.45, 7) is 1.73. The zero-order valence-corrected chi connectivity index (χ0v) is 9.13. The predicted molar refractivity (Wildman–Crippen MR) is 58.2 cm³/mol. The van der Waals surface area contributed by atoms with Gasteiger partial charge < -0.3 is 10.1 Å². The number of hydrogen-bond acceptors (Lipinski definition) is 2. The van der Waals surface area contributed by atoms with Crippen LogP contribution < -0.4 is 5.32 Å². The Morgan fingerprint density at radius 1 is 1.31 bits per heavy atom. The summed E-state index contributed by atoms with van der Waals surface area (Å²) in [7, 11) is 0. The molecule has 0 unspecified atom stereocenters. The van der Waals surface area contributed by atoms with Gasteiger partial charge in [-0.25, -0.2) is 4.39 Å². The Kier molecular flexibility index (Phi) is 4.64. The monoisotopic (exact) mass is 223 g/mol. The average molecular weight is 223 g/mol. The number of ketones is 1. The molecule has 1 N–H and O–H groups in total. The molecular formula is C12H14FNO2. The fourth-order valence-corrected chi connectivity index (χ4v) is 1.23. The topological polar surface area (TPSA) is 46.2 Å². The molecule has 1 amide bonds. The lowest BCUT2D eigenvalue weighted by molar-refractivity contribution is -0.124. The Morgan fingerprint density at radius 2 is 2.06 bits per heavy atom. The van der Waals surface area contributed by atoms with E-state index >= 15 is 0 Å². The zero-order chi connectivity index (χ0) is 12.0. The van der Waals surface area contributed by atoms with Crippen molar-refractivity contribution in [1.29, 1.82) is 0 Å². The SMILES string of the molecule is CC(=O)CCC(=O)NCc1cccc(F)c1. The Morgan fingerprint density at radius 3 is 2.69 bits per heavy atom. The number of nitrogens with one attached hydrogen (secondary N) is 1. The fourth-order valence-electron chi connectivity index (χ4n) is 1.23. The summed E-state index contributed by atoms with van der Waals surface area (Å²) in [4.78, 5) is 21.9. The summed E-state index contributed by atoms with van der Waals surface area (Å²) in [5, 5.41) is 2.62. The molecule has 1 aromatic carbocycles. The van der Waals surface area contributed by atoms with E-state index in [1.165, 1.54) is 19.1 Å². The zero-order valence-electron chi connectivity index (χ0n) is 9.13. The van der Waals surface area contributed by atoms with E-state index in [1.54, 1.807) is 12.1 Å². The summed E-state index contributed by atoms with van der Waals surface area (Å²) in [6.07, 6.45) is 0.430. The Labute approximate surface area is 93.7 Å². The quantitative estimate of drug-likeness (QED) is 0.827. The van der Waals surface area contributed by atoms with E-state index in [0.717, 1.165) is 0 Å². The maximum Gasteiger partial charge on any atom is 0.220 e. The molecule has 86 valence electrons. The van der Waals surface area contributed by atoms with Crippen LogP contribution in [0.25, 0.3) is 0 Å². The van der Waals surface area contributed by atoms with Gasteiger partial charge in [-0.3, -0.25) is 4.79 Å². The van der Waals surface area contributed by atoms with Crippen molar-refractivity contribution in [2.24, 2.45) is 0 Å². The maximum atomic E-state index is 12.8. The molecule has 0 fully saturated rings. The van der Waals surface area contributed by atoms with Crippen LogP contribution in [0, 0.1) is 5.82 Å². The third-order valence-electron chi connectivity index (χ3n) is 2.08. The molecule has 0 aliphatic rings. The van der Waals surface area contributed by atoms with Crippen LogP contribution in [-0.2, 0) is 16.1 Å². The van der Waals surface area contributed by atoms with E-state index in [-0.39, 0.29) is 36.9 Å². The number of carbonyl (C=O) groups is 2. The van der Waals surface area contributed by atoms with Gasteiger partial charge in [-0.15, -0.1) is 0 Å². The highest BCUT2D eigenvalue weighted by molar-refractivity contribution is 5.83. The lowest BCUT2D eigenvalue weighted by Crippen LogP contribution is -2.23. The highest BCUT2D eigenvalue weighted by atomic mass is 19.1. The van der Waals surface area contributed by atoms with Crippen molar-refractivity contribution in [3.63, 3.8) is 0 Å². The first-order valence-electron chi connectivity index (χ1n) is 5.08. The van der Waals surface area contributed by atoms with Crippen molar-refractivity contribution >= 4 is 11.7 Å². The van der Waals surface area contributed by atoms with Crippen LogP contribution in [0.1, 0.15) is 25.3 Å². The van der Waals surface area contributed by atoms with Gasteiger partial charge in [-0.05, 0) is 24.6 Å². The van der Waals surface area contributed by atoms with Gasteiger partial charge in [0.1, 0.15) is 11.6 Å². The minimum atomic E-state index is -0.324. The van der Waals surface area contributed by atoms with Crippen LogP contribution >= 0.6 is 0 Å². The van der Waals surface area contributed by atoms with Gasteiger partial charge in [-0.1, -0.05) is 12.1 Å². The highest BCUT2D eigenvalue weighted by Gasteiger charge is 2.03. The molecule has 0 saturated heterocycles. The van der Waals surface area contributed by atoms with Gasteiger partial charge in [0.15, 0.2) is 0 Å². The first-order chi connectivity index (χ1) is 7.58. The summed E-state index contributed by atoms with van der Waals surface area (Å²) in [5.41, 5.74) is 0.705. The molecule has 1 rings (SSSR count). The van der Waals surface area contributed by atoms with E-state index in [0.29, 0.717) is 5.56 Å². The van der Waals surface area contributed by atoms with Crippen LogP contribution in [0.2, 0.25) is 0 Å². The lowest BCUT2D eigenvalue weighted by atomic mass is 10.2.